The van der Waals surface area contributed by atoms with Crippen LogP contribution < -0.4 is 0 Å². The number of carbonyl (C=O) groups is 2. The van der Waals surface area contributed by atoms with Crippen LogP contribution in [-0.2, 0) is 9.59 Å². The van der Waals surface area contributed by atoms with Gasteiger partial charge in [-0.2, -0.15) is 0 Å². The number of hydrogen-bond acceptors (Lipinski definition) is 4. The molecule has 192 valence electrons. The maximum atomic E-state index is 11.5. The van der Waals surface area contributed by atoms with Gasteiger partial charge in [0.15, 0.2) is 0 Å². The van der Waals surface area contributed by atoms with Crippen molar-refractivity contribution in [2.24, 2.45) is 0 Å². The number of unbranched alkanes of at least 4 members (excludes halogenated alkanes) is 14. The summed E-state index contributed by atoms with van der Waals surface area (Å²) in [5.41, 5.74) is 0. The van der Waals surface area contributed by atoms with Crippen LogP contribution in [0.25, 0.3) is 0 Å². The van der Waals surface area contributed by atoms with Crippen LogP contribution in [0.5, 0.6) is 0 Å². The summed E-state index contributed by atoms with van der Waals surface area (Å²) >= 11 is 2.97. The zero-order valence-corrected chi connectivity index (χ0v) is 22.5. The van der Waals surface area contributed by atoms with Gasteiger partial charge in [0.25, 0.3) is 0 Å². The summed E-state index contributed by atoms with van der Waals surface area (Å²) in [5.74, 6) is -0.0342. The van der Waals surface area contributed by atoms with Crippen molar-refractivity contribution in [2.45, 2.75) is 140 Å². The molecule has 2 atom stereocenters. The predicted octanol–water partition coefficient (Wildman–Crippen LogP) is 7.77. The van der Waals surface area contributed by atoms with Gasteiger partial charge in [0, 0.05) is 11.5 Å². The molecule has 0 aliphatic heterocycles. The third-order valence-electron chi connectivity index (χ3n) is 5.91. The molecule has 0 aliphatic carbocycles. The minimum absolute atomic E-state index is 0. The topological polar surface area (TPSA) is 74.6 Å². The molecule has 0 aliphatic rings. The average molecular weight is 515 g/mol. The van der Waals surface area contributed by atoms with Crippen LogP contribution in [0.4, 0.5) is 0 Å². The van der Waals surface area contributed by atoms with Crippen LogP contribution in [0.1, 0.15) is 129 Å². The van der Waals surface area contributed by atoms with Gasteiger partial charge in [-0.25, -0.2) is 0 Å². The van der Waals surface area contributed by atoms with Crippen LogP contribution in [0, 0.1) is 0 Å². The molecule has 0 aromatic carbocycles. The standard InChI is InChI=1S/C26H50O4S2.Na.H/c1-3-5-7-9-11-13-15-17-19-23(25(27)28)31-21-22-32-24(26(29)30)20-18-16-14-12-10-8-6-4-2;;/h23-24H,3-22H2,1-2H3,(H,27,28)(H,29,30);;. The van der Waals surface area contributed by atoms with E-state index in [4.69, 9.17) is 0 Å². The zero-order chi connectivity index (χ0) is 23.9. The van der Waals surface area contributed by atoms with Crippen molar-refractivity contribution in [3.05, 3.63) is 0 Å². The Bertz CT molecular complexity index is 412. The molecule has 0 rings (SSSR count). The Hall–Kier alpha value is 0.640. The van der Waals surface area contributed by atoms with Crippen molar-refractivity contribution in [1.29, 1.82) is 0 Å². The second-order valence-corrected chi connectivity index (χ2v) is 11.5. The van der Waals surface area contributed by atoms with E-state index in [1.165, 1.54) is 101 Å². The fourth-order valence-corrected chi connectivity index (χ4v) is 6.15. The summed E-state index contributed by atoms with van der Waals surface area (Å²) in [5, 5.41) is 18.3. The van der Waals surface area contributed by atoms with E-state index in [2.05, 4.69) is 13.8 Å². The van der Waals surface area contributed by atoms with Gasteiger partial charge in [-0.1, -0.05) is 117 Å². The van der Waals surface area contributed by atoms with Crippen molar-refractivity contribution in [3.8, 4) is 0 Å². The van der Waals surface area contributed by atoms with Gasteiger partial charge in [-0.3, -0.25) is 9.59 Å². The van der Waals surface area contributed by atoms with E-state index in [1.54, 1.807) is 0 Å². The summed E-state index contributed by atoms with van der Waals surface area (Å²) in [4.78, 5) is 23.1. The number of aliphatic carboxylic acids is 2. The fraction of sp³-hybridized carbons (Fsp3) is 0.923. The van der Waals surface area contributed by atoms with E-state index in [9.17, 15) is 19.8 Å². The molecule has 0 radical (unpaired) electrons. The van der Waals surface area contributed by atoms with Gasteiger partial charge in [0.2, 0.25) is 0 Å². The predicted molar refractivity (Wildman–Crippen MR) is 149 cm³/mol. The minimum atomic E-state index is -0.725. The molecular formula is C26H51NaO4S2. The second kappa shape index (κ2) is 27.2. The van der Waals surface area contributed by atoms with E-state index < -0.39 is 11.9 Å². The van der Waals surface area contributed by atoms with Gasteiger partial charge in [-0.15, -0.1) is 23.5 Å². The Balaban J connectivity index is 0. The summed E-state index contributed by atoms with van der Waals surface area (Å²) in [6, 6.07) is 0. The van der Waals surface area contributed by atoms with Gasteiger partial charge >= 0.3 is 41.5 Å². The summed E-state index contributed by atoms with van der Waals surface area (Å²) < 4.78 is 0. The normalized spacial score (nSPS) is 12.8. The van der Waals surface area contributed by atoms with E-state index >= 15 is 0 Å². The quantitative estimate of drug-likeness (QED) is 0.0957. The molecule has 0 saturated heterocycles. The molecule has 0 saturated carbocycles. The van der Waals surface area contributed by atoms with E-state index in [0.717, 1.165) is 38.5 Å². The number of hydrogen-bond donors (Lipinski definition) is 2. The van der Waals surface area contributed by atoms with Crippen LogP contribution in [0.2, 0.25) is 0 Å². The Labute approximate surface area is 234 Å². The van der Waals surface area contributed by atoms with Crippen molar-refractivity contribution in [3.63, 3.8) is 0 Å². The Morgan fingerprint density at radius 3 is 1.09 bits per heavy atom. The maximum absolute atomic E-state index is 11.5. The third kappa shape index (κ3) is 24.1. The van der Waals surface area contributed by atoms with Crippen molar-refractivity contribution < 1.29 is 19.8 Å². The SMILES string of the molecule is CCCCCCCCCCC(SCCSC(CCCCCCCCCC)C(=O)O)C(=O)O.[NaH]. The third-order valence-corrected chi connectivity index (χ3v) is 8.73. The van der Waals surface area contributed by atoms with Crippen LogP contribution in [-0.4, -0.2) is 73.7 Å². The molecule has 0 heterocycles. The van der Waals surface area contributed by atoms with E-state index in [-0.39, 0.29) is 40.1 Å². The molecule has 0 amide bonds. The molecule has 0 bridgehead atoms. The van der Waals surface area contributed by atoms with Gasteiger partial charge in [0.1, 0.15) is 10.5 Å². The molecule has 4 nitrogen and oxygen atoms in total. The second-order valence-electron chi connectivity index (χ2n) is 8.92. The Morgan fingerprint density at radius 2 is 0.818 bits per heavy atom. The van der Waals surface area contributed by atoms with E-state index in [0.29, 0.717) is 11.5 Å². The van der Waals surface area contributed by atoms with Gasteiger partial charge in [0.05, 0.1) is 0 Å². The zero-order valence-electron chi connectivity index (χ0n) is 20.8. The van der Waals surface area contributed by atoms with Crippen LogP contribution >= 0.6 is 23.5 Å². The van der Waals surface area contributed by atoms with E-state index in [1.807, 2.05) is 0 Å². The molecule has 2 unspecified atom stereocenters. The molecule has 2 N–H and O–H groups in total. The molecule has 0 fully saturated rings. The summed E-state index contributed by atoms with van der Waals surface area (Å²) in [6.07, 6.45) is 20.9. The van der Waals surface area contributed by atoms with Crippen LogP contribution in [0.3, 0.4) is 0 Å². The number of rotatable bonds is 25. The van der Waals surface area contributed by atoms with Crippen molar-refractivity contribution >= 4 is 65.0 Å². The Kier molecular flexibility index (Phi) is 29.5. The fourth-order valence-electron chi connectivity index (χ4n) is 3.86. The Morgan fingerprint density at radius 1 is 0.545 bits per heavy atom. The van der Waals surface area contributed by atoms with Gasteiger partial charge in [-0.05, 0) is 12.8 Å². The molecule has 0 spiro atoms. The molecule has 7 heteroatoms. The first-order valence-corrected chi connectivity index (χ1v) is 15.3. The molecule has 33 heavy (non-hydrogen) atoms. The average Bonchev–Trinajstić information content (AvgIpc) is 2.76. The summed E-state index contributed by atoms with van der Waals surface area (Å²) in [6.45, 7) is 4.45. The summed E-state index contributed by atoms with van der Waals surface area (Å²) in [7, 11) is 0. The van der Waals surface area contributed by atoms with Crippen LogP contribution in [0.15, 0.2) is 0 Å². The van der Waals surface area contributed by atoms with Crippen molar-refractivity contribution in [2.75, 3.05) is 11.5 Å². The first-order valence-electron chi connectivity index (χ1n) is 13.2. The molecular weight excluding hydrogens is 463 g/mol. The molecule has 0 aromatic rings. The number of thioether (sulfide) groups is 2. The number of carboxylic acid groups (broad SMARTS) is 2. The molecule has 0 aromatic heterocycles. The van der Waals surface area contributed by atoms with Gasteiger partial charge < -0.3 is 10.2 Å². The monoisotopic (exact) mass is 514 g/mol. The van der Waals surface area contributed by atoms with Crippen molar-refractivity contribution in [1.82, 2.24) is 0 Å². The first-order chi connectivity index (χ1) is 15.5. The first kappa shape index (κ1) is 35.8. The number of carboxylic acids is 2.